The van der Waals surface area contributed by atoms with Crippen LogP contribution in [-0.2, 0) is 0 Å². The minimum absolute atomic E-state index is 0.364. The summed E-state index contributed by atoms with van der Waals surface area (Å²) in [6.07, 6.45) is 3.30. The van der Waals surface area contributed by atoms with Gasteiger partial charge in [-0.2, -0.15) is 0 Å². The van der Waals surface area contributed by atoms with Crippen LogP contribution in [0.5, 0.6) is 0 Å². The average molecular weight is 214 g/mol. The van der Waals surface area contributed by atoms with Gasteiger partial charge in [0.05, 0.1) is 6.20 Å². The van der Waals surface area contributed by atoms with Gasteiger partial charge in [-0.05, 0) is 15.9 Å². The second-order valence-electron chi connectivity index (χ2n) is 2.00. The standard InChI is InChI=1S/C5H4BrN5/c6-3-2-11-4(1-8-3)9-10-5(11)7/h1-2H,(H2,7,10). The Morgan fingerprint density at radius 2 is 2.27 bits per heavy atom. The van der Waals surface area contributed by atoms with Crippen molar-refractivity contribution in [2.24, 2.45) is 0 Å². The lowest BCUT2D eigenvalue weighted by molar-refractivity contribution is 1.11. The minimum Gasteiger partial charge on any atom is -0.368 e. The number of fused-ring (bicyclic) bond motifs is 1. The van der Waals surface area contributed by atoms with Crippen LogP contribution in [0.3, 0.4) is 0 Å². The van der Waals surface area contributed by atoms with Gasteiger partial charge in [0.1, 0.15) is 4.60 Å². The maximum Gasteiger partial charge on any atom is 0.226 e. The van der Waals surface area contributed by atoms with Gasteiger partial charge in [0, 0.05) is 6.20 Å². The van der Waals surface area contributed by atoms with E-state index < -0.39 is 0 Å². The summed E-state index contributed by atoms with van der Waals surface area (Å²) in [6, 6.07) is 0. The minimum atomic E-state index is 0.364. The Morgan fingerprint density at radius 3 is 3.09 bits per heavy atom. The third kappa shape index (κ3) is 0.949. The van der Waals surface area contributed by atoms with Gasteiger partial charge < -0.3 is 5.73 Å². The Balaban J connectivity index is 2.87. The molecule has 56 valence electrons. The van der Waals surface area contributed by atoms with Gasteiger partial charge in [0.2, 0.25) is 5.95 Å². The van der Waals surface area contributed by atoms with Crippen LogP contribution in [0.15, 0.2) is 17.0 Å². The summed E-state index contributed by atoms with van der Waals surface area (Å²) in [5, 5.41) is 7.43. The molecule has 0 bridgehead atoms. The molecule has 2 aromatic heterocycles. The number of rotatable bonds is 0. The molecular formula is C5H4BrN5. The molecule has 0 unspecified atom stereocenters. The lowest BCUT2D eigenvalue weighted by Gasteiger charge is -1.92. The highest BCUT2D eigenvalue weighted by atomic mass is 79.9. The largest absolute Gasteiger partial charge is 0.368 e. The van der Waals surface area contributed by atoms with Gasteiger partial charge in [-0.25, -0.2) is 4.98 Å². The first kappa shape index (κ1) is 6.53. The number of hydrogen-bond donors (Lipinski definition) is 1. The van der Waals surface area contributed by atoms with Crippen LogP contribution in [0.4, 0.5) is 5.95 Å². The molecule has 2 aromatic rings. The van der Waals surface area contributed by atoms with Crippen molar-refractivity contribution in [3.63, 3.8) is 0 Å². The summed E-state index contributed by atoms with van der Waals surface area (Å²) >= 11 is 3.21. The third-order valence-corrected chi connectivity index (χ3v) is 1.70. The summed E-state index contributed by atoms with van der Waals surface area (Å²) in [5.41, 5.74) is 6.13. The molecule has 2 heterocycles. The van der Waals surface area contributed by atoms with Crippen LogP contribution >= 0.6 is 15.9 Å². The Kier molecular flexibility index (Phi) is 1.28. The van der Waals surface area contributed by atoms with Crippen molar-refractivity contribution in [3.05, 3.63) is 17.0 Å². The van der Waals surface area contributed by atoms with Gasteiger partial charge >= 0.3 is 0 Å². The molecule has 0 spiro atoms. The Hall–Kier alpha value is -1.17. The van der Waals surface area contributed by atoms with E-state index in [1.54, 1.807) is 16.8 Å². The molecule has 2 rings (SSSR count). The van der Waals surface area contributed by atoms with Gasteiger partial charge in [0.15, 0.2) is 5.65 Å². The normalized spacial score (nSPS) is 10.6. The molecule has 0 fully saturated rings. The maximum absolute atomic E-state index is 5.49. The van der Waals surface area contributed by atoms with Crippen molar-refractivity contribution in [1.29, 1.82) is 0 Å². The van der Waals surface area contributed by atoms with Gasteiger partial charge in [-0.15, -0.1) is 10.2 Å². The zero-order valence-corrected chi connectivity index (χ0v) is 6.98. The van der Waals surface area contributed by atoms with Crippen molar-refractivity contribution < 1.29 is 0 Å². The van der Waals surface area contributed by atoms with Crippen molar-refractivity contribution in [2.45, 2.75) is 0 Å². The number of hydrogen-bond acceptors (Lipinski definition) is 4. The highest BCUT2D eigenvalue weighted by Gasteiger charge is 2.00. The van der Waals surface area contributed by atoms with E-state index in [0.29, 0.717) is 16.2 Å². The molecule has 0 aliphatic rings. The van der Waals surface area contributed by atoms with E-state index in [1.165, 1.54) is 0 Å². The van der Waals surface area contributed by atoms with E-state index in [9.17, 15) is 0 Å². The first-order valence-corrected chi connectivity index (χ1v) is 3.68. The average Bonchev–Trinajstić information content (AvgIpc) is 2.33. The molecule has 2 N–H and O–H groups in total. The van der Waals surface area contributed by atoms with Crippen LogP contribution < -0.4 is 5.73 Å². The molecule has 0 atom stereocenters. The molecule has 0 aromatic carbocycles. The molecule has 6 heteroatoms. The van der Waals surface area contributed by atoms with Crippen molar-refractivity contribution in [3.8, 4) is 0 Å². The number of nitrogen functional groups attached to an aromatic ring is 1. The van der Waals surface area contributed by atoms with Crippen LogP contribution in [0, 0.1) is 0 Å². The Bertz CT molecular complexity index is 395. The van der Waals surface area contributed by atoms with E-state index in [-0.39, 0.29) is 0 Å². The highest BCUT2D eigenvalue weighted by molar-refractivity contribution is 9.10. The fraction of sp³-hybridized carbons (Fsp3) is 0. The quantitative estimate of drug-likeness (QED) is 0.691. The monoisotopic (exact) mass is 213 g/mol. The van der Waals surface area contributed by atoms with Crippen molar-refractivity contribution >= 4 is 27.5 Å². The predicted octanol–water partition coefficient (Wildman–Crippen LogP) is 0.469. The van der Waals surface area contributed by atoms with Gasteiger partial charge in [-0.3, -0.25) is 4.40 Å². The smallest absolute Gasteiger partial charge is 0.226 e. The first-order chi connectivity index (χ1) is 5.27. The number of anilines is 1. The second-order valence-corrected chi connectivity index (χ2v) is 2.81. The summed E-state index contributed by atoms with van der Waals surface area (Å²) in [7, 11) is 0. The number of nitrogens with zero attached hydrogens (tertiary/aromatic N) is 4. The SMILES string of the molecule is Nc1nnc2cnc(Br)cn12. The summed E-state index contributed by atoms with van der Waals surface area (Å²) < 4.78 is 2.35. The summed E-state index contributed by atoms with van der Waals surface area (Å²) in [4.78, 5) is 3.96. The lowest BCUT2D eigenvalue weighted by atomic mass is 10.7. The summed E-state index contributed by atoms with van der Waals surface area (Å²) in [6.45, 7) is 0. The Morgan fingerprint density at radius 1 is 1.45 bits per heavy atom. The summed E-state index contributed by atoms with van der Waals surface area (Å²) in [5.74, 6) is 0.364. The molecule has 11 heavy (non-hydrogen) atoms. The van der Waals surface area contributed by atoms with E-state index in [2.05, 4.69) is 31.1 Å². The first-order valence-electron chi connectivity index (χ1n) is 2.89. The fourth-order valence-electron chi connectivity index (χ4n) is 0.796. The van der Waals surface area contributed by atoms with E-state index >= 15 is 0 Å². The molecule has 0 saturated heterocycles. The zero-order valence-electron chi connectivity index (χ0n) is 5.40. The van der Waals surface area contributed by atoms with E-state index in [1.807, 2.05) is 0 Å². The molecular weight excluding hydrogens is 210 g/mol. The van der Waals surface area contributed by atoms with Crippen molar-refractivity contribution in [2.75, 3.05) is 5.73 Å². The van der Waals surface area contributed by atoms with Gasteiger partial charge in [-0.1, -0.05) is 0 Å². The topological polar surface area (TPSA) is 69.1 Å². The van der Waals surface area contributed by atoms with Crippen molar-refractivity contribution in [1.82, 2.24) is 19.6 Å². The molecule has 0 aliphatic heterocycles. The molecule has 5 nitrogen and oxygen atoms in total. The number of halogens is 1. The Labute approximate surface area is 70.4 Å². The second kappa shape index (κ2) is 2.16. The molecule has 0 radical (unpaired) electrons. The molecule has 0 amide bonds. The molecule has 0 saturated carbocycles. The van der Waals surface area contributed by atoms with E-state index in [4.69, 9.17) is 5.73 Å². The predicted molar refractivity (Wildman–Crippen MR) is 42.9 cm³/mol. The highest BCUT2D eigenvalue weighted by Crippen LogP contribution is 2.08. The van der Waals surface area contributed by atoms with Crippen LogP contribution in [0.25, 0.3) is 5.65 Å². The lowest BCUT2D eigenvalue weighted by Crippen LogP contribution is -1.94. The maximum atomic E-state index is 5.49. The van der Waals surface area contributed by atoms with Crippen LogP contribution in [0.2, 0.25) is 0 Å². The van der Waals surface area contributed by atoms with Crippen LogP contribution in [-0.4, -0.2) is 19.6 Å². The van der Waals surface area contributed by atoms with E-state index in [0.717, 1.165) is 0 Å². The fourth-order valence-corrected chi connectivity index (χ4v) is 1.10. The zero-order chi connectivity index (χ0) is 7.84. The third-order valence-electron chi connectivity index (χ3n) is 1.29. The molecule has 0 aliphatic carbocycles. The number of aromatic nitrogens is 4. The number of nitrogens with two attached hydrogens (primary N) is 1. The van der Waals surface area contributed by atoms with Gasteiger partial charge in [0.25, 0.3) is 0 Å². The van der Waals surface area contributed by atoms with Crippen LogP contribution in [0.1, 0.15) is 0 Å².